The van der Waals surface area contributed by atoms with Crippen LogP contribution in [-0.4, -0.2) is 0 Å². The van der Waals surface area contributed by atoms with Crippen molar-refractivity contribution >= 4 is 0 Å². The maximum absolute atomic E-state index is 4.06. The molecule has 0 rings (SSSR count). The molecule has 0 aliphatic carbocycles. The smallest absolute Gasteiger partial charge is 0.0323 e. The Hall–Kier alpha value is -0.520. The zero-order valence-electron chi connectivity index (χ0n) is 14.3. The van der Waals surface area contributed by atoms with E-state index in [1.165, 1.54) is 89.0 Å². The number of hydrogen-bond donors (Lipinski definition) is 0. The van der Waals surface area contributed by atoms with Crippen molar-refractivity contribution in [1.29, 1.82) is 0 Å². The largest absolute Gasteiger partial charge is 0.0999 e. The second kappa shape index (κ2) is 16.5. The lowest BCUT2D eigenvalue weighted by Gasteiger charge is -2.02. The molecule has 0 aliphatic rings. The lowest BCUT2D eigenvalue weighted by atomic mass is 10.0. The van der Waals surface area contributed by atoms with E-state index in [1.807, 2.05) is 0 Å². The van der Waals surface area contributed by atoms with Gasteiger partial charge in [-0.25, -0.2) is 0 Å². The molecule has 0 bridgehead atoms. The second-order valence-electron chi connectivity index (χ2n) is 6.08. The quantitative estimate of drug-likeness (QED) is 0.214. The highest BCUT2D eigenvalue weighted by molar-refractivity contribution is 4.91. The van der Waals surface area contributed by atoms with E-state index in [4.69, 9.17) is 0 Å². The van der Waals surface area contributed by atoms with Gasteiger partial charge in [-0.1, -0.05) is 83.1 Å². The minimum Gasteiger partial charge on any atom is -0.0999 e. The van der Waals surface area contributed by atoms with Crippen LogP contribution in [0, 0.1) is 0 Å². The Kier molecular flexibility index (Phi) is 16.1. The Morgan fingerprint density at radius 3 is 1.75 bits per heavy atom. The van der Waals surface area contributed by atoms with E-state index < -0.39 is 0 Å². The third-order valence-electron chi connectivity index (χ3n) is 4.04. The molecule has 0 aromatic rings. The summed E-state index contributed by atoms with van der Waals surface area (Å²) in [6, 6.07) is 0. The Morgan fingerprint density at radius 2 is 1.20 bits per heavy atom. The van der Waals surface area contributed by atoms with E-state index in [9.17, 15) is 0 Å². The molecular weight excluding hydrogens is 240 g/mol. The van der Waals surface area contributed by atoms with Crippen LogP contribution in [0.4, 0.5) is 0 Å². The lowest BCUT2D eigenvalue weighted by Crippen LogP contribution is -1.82. The molecule has 0 radical (unpaired) electrons. The molecule has 0 amide bonds. The van der Waals surface area contributed by atoms with E-state index in [2.05, 4.69) is 32.6 Å². The van der Waals surface area contributed by atoms with Crippen LogP contribution in [0.2, 0.25) is 0 Å². The van der Waals surface area contributed by atoms with E-state index >= 15 is 0 Å². The standard InChI is InChI=1S/C20H38/c1-4-6-7-8-9-10-11-12-13-14-15-16-17-18-19-20(3)5-2/h10-11H,3-9,12-19H2,1-2H3. The fourth-order valence-electron chi connectivity index (χ4n) is 2.45. The lowest BCUT2D eigenvalue weighted by molar-refractivity contribution is 0.593. The number of hydrogen-bond acceptors (Lipinski definition) is 0. The van der Waals surface area contributed by atoms with E-state index in [0.717, 1.165) is 6.42 Å². The molecular formula is C20H38. The van der Waals surface area contributed by atoms with Gasteiger partial charge in [0.2, 0.25) is 0 Å². The maximum atomic E-state index is 4.06. The molecule has 0 atom stereocenters. The minimum absolute atomic E-state index is 1.16. The normalized spacial score (nSPS) is 11.3. The number of rotatable bonds is 15. The number of unbranched alkanes of at least 4 members (excludes halogenated alkanes) is 10. The van der Waals surface area contributed by atoms with E-state index in [-0.39, 0.29) is 0 Å². The molecule has 0 heteroatoms. The van der Waals surface area contributed by atoms with Gasteiger partial charge in [-0.05, 0) is 44.9 Å². The summed E-state index contributed by atoms with van der Waals surface area (Å²) in [7, 11) is 0. The van der Waals surface area contributed by atoms with E-state index in [0.29, 0.717) is 0 Å². The Morgan fingerprint density at radius 1 is 0.700 bits per heavy atom. The van der Waals surface area contributed by atoms with Crippen molar-refractivity contribution in [2.75, 3.05) is 0 Å². The van der Waals surface area contributed by atoms with Crippen molar-refractivity contribution in [2.24, 2.45) is 0 Å². The molecule has 0 aromatic heterocycles. The summed E-state index contributed by atoms with van der Waals surface area (Å²) >= 11 is 0. The third-order valence-corrected chi connectivity index (χ3v) is 4.04. The van der Waals surface area contributed by atoms with E-state index in [1.54, 1.807) is 0 Å². The van der Waals surface area contributed by atoms with Crippen LogP contribution in [0.15, 0.2) is 24.3 Å². The molecule has 0 N–H and O–H groups in total. The SMILES string of the molecule is C=C(CC)CCCCCCCCC=CCCCCCC. The van der Waals surface area contributed by atoms with Crippen molar-refractivity contribution in [3.05, 3.63) is 24.3 Å². The Labute approximate surface area is 128 Å². The van der Waals surface area contributed by atoms with Crippen LogP contribution < -0.4 is 0 Å². The average Bonchev–Trinajstić information content (AvgIpc) is 2.47. The van der Waals surface area contributed by atoms with Gasteiger partial charge in [0.1, 0.15) is 0 Å². The summed E-state index contributed by atoms with van der Waals surface area (Å²) in [5.41, 5.74) is 1.43. The second-order valence-corrected chi connectivity index (χ2v) is 6.08. The predicted molar refractivity (Wildman–Crippen MR) is 94.3 cm³/mol. The maximum Gasteiger partial charge on any atom is -0.0323 e. The van der Waals surface area contributed by atoms with Gasteiger partial charge in [-0.3, -0.25) is 0 Å². The van der Waals surface area contributed by atoms with Crippen LogP contribution in [0.5, 0.6) is 0 Å². The predicted octanol–water partition coefficient (Wildman–Crippen LogP) is 7.60. The summed E-state index contributed by atoms with van der Waals surface area (Å²) in [4.78, 5) is 0. The fourth-order valence-corrected chi connectivity index (χ4v) is 2.45. The van der Waals surface area contributed by atoms with Gasteiger partial charge < -0.3 is 0 Å². The van der Waals surface area contributed by atoms with Crippen molar-refractivity contribution in [1.82, 2.24) is 0 Å². The molecule has 0 heterocycles. The van der Waals surface area contributed by atoms with Gasteiger partial charge in [-0.2, -0.15) is 0 Å². The highest BCUT2D eigenvalue weighted by Gasteiger charge is 1.93. The van der Waals surface area contributed by atoms with Crippen molar-refractivity contribution in [3.63, 3.8) is 0 Å². The van der Waals surface area contributed by atoms with Gasteiger partial charge in [0, 0.05) is 0 Å². The minimum atomic E-state index is 1.16. The van der Waals surface area contributed by atoms with Gasteiger partial charge in [0.05, 0.1) is 0 Å². The van der Waals surface area contributed by atoms with Gasteiger partial charge in [0.15, 0.2) is 0 Å². The topological polar surface area (TPSA) is 0 Å². The van der Waals surface area contributed by atoms with Gasteiger partial charge >= 0.3 is 0 Å². The zero-order chi connectivity index (χ0) is 14.9. The monoisotopic (exact) mass is 278 g/mol. The molecule has 0 nitrogen and oxygen atoms in total. The first-order valence-electron chi connectivity index (χ1n) is 9.12. The molecule has 20 heavy (non-hydrogen) atoms. The van der Waals surface area contributed by atoms with Gasteiger partial charge in [-0.15, -0.1) is 0 Å². The molecule has 0 spiro atoms. The van der Waals surface area contributed by atoms with Crippen LogP contribution in [-0.2, 0) is 0 Å². The first kappa shape index (κ1) is 19.5. The zero-order valence-corrected chi connectivity index (χ0v) is 14.3. The van der Waals surface area contributed by atoms with Crippen LogP contribution in [0.1, 0.15) is 104 Å². The third kappa shape index (κ3) is 15.5. The first-order chi connectivity index (χ1) is 9.81. The summed E-state index contributed by atoms with van der Waals surface area (Å²) in [5.74, 6) is 0. The van der Waals surface area contributed by atoms with Crippen LogP contribution in [0.25, 0.3) is 0 Å². The molecule has 118 valence electrons. The summed E-state index contributed by atoms with van der Waals surface area (Å²) in [5, 5.41) is 0. The molecule has 0 saturated carbocycles. The molecule has 0 aliphatic heterocycles. The molecule has 0 unspecified atom stereocenters. The van der Waals surface area contributed by atoms with Crippen LogP contribution >= 0.6 is 0 Å². The average molecular weight is 279 g/mol. The number of allylic oxidation sites excluding steroid dienone is 3. The summed E-state index contributed by atoms with van der Waals surface area (Å²) in [6.45, 7) is 8.55. The van der Waals surface area contributed by atoms with Crippen molar-refractivity contribution in [3.8, 4) is 0 Å². The molecule has 0 saturated heterocycles. The summed E-state index contributed by atoms with van der Waals surface area (Å²) in [6.07, 6.45) is 23.7. The van der Waals surface area contributed by atoms with Crippen LogP contribution in [0.3, 0.4) is 0 Å². The molecule has 0 aromatic carbocycles. The summed E-state index contributed by atoms with van der Waals surface area (Å²) < 4.78 is 0. The fraction of sp³-hybridized carbons (Fsp3) is 0.800. The Bertz CT molecular complexity index is 224. The van der Waals surface area contributed by atoms with Crippen molar-refractivity contribution in [2.45, 2.75) is 104 Å². The van der Waals surface area contributed by atoms with Gasteiger partial charge in [0.25, 0.3) is 0 Å². The first-order valence-corrected chi connectivity index (χ1v) is 9.12. The molecule has 0 fully saturated rings. The Balaban J connectivity index is 3.09. The highest BCUT2D eigenvalue weighted by atomic mass is 14.0. The van der Waals surface area contributed by atoms with Crippen molar-refractivity contribution < 1.29 is 0 Å². The highest BCUT2D eigenvalue weighted by Crippen LogP contribution is 2.13.